The molecule has 4 rings (SSSR count). The van der Waals surface area contributed by atoms with E-state index in [-0.39, 0.29) is 5.91 Å². The Hall–Kier alpha value is -3.12. The van der Waals surface area contributed by atoms with Gasteiger partial charge in [0.15, 0.2) is 11.1 Å². The topological polar surface area (TPSA) is 55.6 Å². The van der Waals surface area contributed by atoms with Crippen molar-refractivity contribution in [2.45, 2.75) is 13.0 Å². The number of para-hydroxylation sites is 1. The molecule has 6 heteroatoms. The maximum Gasteiger partial charge on any atom is 0.266 e. The molecule has 2 aromatic carbocycles. The van der Waals surface area contributed by atoms with Crippen LogP contribution < -0.4 is 10.1 Å². The summed E-state index contributed by atoms with van der Waals surface area (Å²) in [6, 6.07) is 19.1. The van der Waals surface area contributed by atoms with Gasteiger partial charge in [-0.25, -0.2) is 4.98 Å². The highest BCUT2D eigenvalue weighted by Gasteiger charge is 2.21. The summed E-state index contributed by atoms with van der Waals surface area (Å²) >= 11 is 1.52. The van der Waals surface area contributed by atoms with Gasteiger partial charge < -0.3 is 10.1 Å². The highest BCUT2D eigenvalue weighted by molar-refractivity contribution is 7.15. The first kappa shape index (κ1) is 16.4. The third-order valence-corrected chi connectivity index (χ3v) is 4.73. The molecule has 1 unspecified atom stereocenters. The maximum atomic E-state index is 12.7. The molecule has 0 bridgehead atoms. The van der Waals surface area contributed by atoms with Crippen molar-refractivity contribution in [3.05, 3.63) is 72.2 Å². The summed E-state index contributed by atoms with van der Waals surface area (Å²) in [5.41, 5.74) is 1.70. The number of aromatic nitrogens is 2. The number of benzene rings is 2. The van der Waals surface area contributed by atoms with Crippen LogP contribution in [0.25, 0.3) is 16.2 Å². The molecule has 5 nitrogen and oxygen atoms in total. The van der Waals surface area contributed by atoms with E-state index in [0.717, 1.165) is 16.2 Å². The minimum atomic E-state index is -0.634. The van der Waals surface area contributed by atoms with Gasteiger partial charge in [-0.15, -0.1) is 11.3 Å². The molecule has 0 spiro atoms. The van der Waals surface area contributed by atoms with Gasteiger partial charge >= 0.3 is 0 Å². The van der Waals surface area contributed by atoms with Crippen molar-refractivity contribution in [3.63, 3.8) is 0 Å². The van der Waals surface area contributed by atoms with Crippen LogP contribution in [0, 0.1) is 0 Å². The van der Waals surface area contributed by atoms with Crippen molar-refractivity contribution in [1.82, 2.24) is 9.38 Å². The van der Waals surface area contributed by atoms with Gasteiger partial charge in [-0.3, -0.25) is 9.20 Å². The second kappa shape index (κ2) is 7.01. The standard InChI is InChI=1S/C20H17N3O2S/c1-14(25-16-10-6-3-7-11-16)19(24)22-18-17(15-8-4-2-5-9-15)21-20-23(18)12-13-26-20/h2-14H,1H3,(H,22,24). The largest absolute Gasteiger partial charge is 0.481 e. The Labute approximate surface area is 154 Å². The molecule has 130 valence electrons. The first-order valence-corrected chi connectivity index (χ1v) is 9.14. The summed E-state index contributed by atoms with van der Waals surface area (Å²) in [5, 5.41) is 4.92. The maximum absolute atomic E-state index is 12.7. The van der Waals surface area contributed by atoms with E-state index in [0.29, 0.717) is 11.6 Å². The van der Waals surface area contributed by atoms with Crippen molar-refractivity contribution in [2.24, 2.45) is 0 Å². The fraction of sp³-hybridized carbons (Fsp3) is 0.100. The zero-order valence-electron chi connectivity index (χ0n) is 14.1. The minimum Gasteiger partial charge on any atom is -0.481 e. The average Bonchev–Trinajstić information content (AvgIpc) is 3.26. The van der Waals surface area contributed by atoms with Crippen molar-refractivity contribution in [3.8, 4) is 17.0 Å². The predicted octanol–water partition coefficient (Wildman–Crippen LogP) is 4.47. The van der Waals surface area contributed by atoms with Crippen LogP contribution in [0.5, 0.6) is 5.75 Å². The van der Waals surface area contributed by atoms with Crippen LogP contribution in [0.3, 0.4) is 0 Å². The number of thiazole rings is 1. The van der Waals surface area contributed by atoms with Gasteiger partial charge in [0.1, 0.15) is 17.3 Å². The van der Waals surface area contributed by atoms with Gasteiger partial charge in [-0.1, -0.05) is 48.5 Å². The van der Waals surface area contributed by atoms with E-state index >= 15 is 0 Å². The molecular weight excluding hydrogens is 346 g/mol. The Morgan fingerprint density at radius 2 is 1.81 bits per heavy atom. The van der Waals surface area contributed by atoms with E-state index in [1.807, 2.05) is 76.6 Å². The average molecular weight is 363 g/mol. The number of carbonyl (C=O) groups excluding carboxylic acids is 1. The minimum absolute atomic E-state index is 0.223. The lowest BCUT2D eigenvalue weighted by molar-refractivity contribution is -0.122. The molecule has 1 atom stereocenters. The lowest BCUT2D eigenvalue weighted by Gasteiger charge is -2.15. The summed E-state index contributed by atoms with van der Waals surface area (Å²) < 4.78 is 7.61. The van der Waals surface area contributed by atoms with Crippen molar-refractivity contribution < 1.29 is 9.53 Å². The first-order chi connectivity index (χ1) is 12.7. The van der Waals surface area contributed by atoms with E-state index in [2.05, 4.69) is 10.3 Å². The number of carbonyl (C=O) groups is 1. The highest BCUT2D eigenvalue weighted by Crippen LogP contribution is 2.30. The molecule has 0 saturated heterocycles. The second-order valence-electron chi connectivity index (χ2n) is 5.79. The van der Waals surface area contributed by atoms with Gasteiger partial charge in [0.05, 0.1) is 0 Å². The zero-order chi connectivity index (χ0) is 17.9. The predicted molar refractivity (Wildman–Crippen MR) is 104 cm³/mol. The van der Waals surface area contributed by atoms with E-state index in [1.54, 1.807) is 6.92 Å². The Bertz CT molecular complexity index is 1030. The number of hydrogen-bond donors (Lipinski definition) is 1. The number of imidazole rings is 1. The normalized spacial score (nSPS) is 12.0. The molecule has 0 fully saturated rings. The molecule has 2 aromatic heterocycles. The molecule has 26 heavy (non-hydrogen) atoms. The fourth-order valence-corrected chi connectivity index (χ4v) is 3.39. The molecule has 0 aliphatic carbocycles. The summed E-state index contributed by atoms with van der Waals surface area (Å²) in [5.74, 6) is 1.09. The van der Waals surface area contributed by atoms with E-state index < -0.39 is 6.10 Å². The summed E-state index contributed by atoms with van der Waals surface area (Å²) in [4.78, 5) is 18.2. The Morgan fingerprint density at radius 1 is 1.12 bits per heavy atom. The zero-order valence-corrected chi connectivity index (χ0v) is 14.9. The van der Waals surface area contributed by atoms with Crippen LogP contribution >= 0.6 is 11.3 Å². The second-order valence-corrected chi connectivity index (χ2v) is 6.67. The number of amides is 1. The van der Waals surface area contributed by atoms with Crippen molar-refractivity contribution in [2.75, 3.05) is 5.32 Å². The van der Waals surface area contributed by atoms with E-state index in [4.69, 9.17) is 4.74 Å². The summed E-state index contributed by atoms with van der Waals surface area (Å²) in [7, 11) is 0. The molecular formula is C20H17N3O2S. The summed E-state index contributed by atoms with van der Waals surface area (Å²) in [6.07, 6.45) is 1.27. The van der Waals surface area contributed by atoms with Gasteiger partial charge in [0, 0.05) is 17.1 Å². The number of rotatable bonds is 5. The van der Waals surface area contributed by atoms with Crippen LogP contribution in [-0.4, -0.2) is 21.4 Å². The van der Waals surface area contributed by atoms with Crippen LogP contribution in [0.15, 0.2) is 72.2 Å². The molecule has 4 aromatic rings. The Kier molecular flexibility index (Phi) is 4.41. The Morgan fingerprint density at radius 3 is 2.54 bits per heavy atom. The summed E-state index contributed by atoms with van der Waals surface area (Å²) in [6.45, 7) is 1.73. The highest BCUT2D eigenvalue weighted by atomic mass is 32.1. The molecule has 0 aliphatic rings. The molecule has 0 aliphatic heterocycles. The van der Waals surface area contributed by atoms with Gasteiger partial charge in [0.25, 0.3) is 5.91 Å². The first-order valence-electron chi connectivity index (χ1n) is 8.26. The molecule has 0 radical (unpaired) electrons. The molecule has 2 heterocycles. The molecule has 0 saturated carbocycles. The number of hydrogen-bond acceptors (Lipinski definition) is 4. The van der Waals surface area contributed by atoms with Crippen LogP contribution in [0.1, 0.15) is 6.92 Å². The fourth-order valence-electron chi connectivity index (χ4n) is 2.68. The number of nitrogens with zero attached hydrogens (tertiary/aromatic N) is 2. The lowest BCUT2D eigenvalue weighted by atomic mass is 10.1. The van der Waals surface area contributed by atoms with Gasteiger partial charge in [0.2, 0.25) is 0 Å². The molecule has 1 N–H and O–H groups in total. The SMILES string of the molecule is CC(Oc1ccccc1)C(=O)Nc1c(-c2ccccc2)nc2sccn12. The third-order valence-electron chi connectivity index (χ3n) is 3.98. The van der Waals surface area contributed by atoms with Gasteiger partial charge in [-0.05, 0) is 19.1 Å². The van der Waals surface area contributed by atoms with E-state index in [9.17, 15) is 4.79 Å². The lowest BCUT2D eigenvalue weighted by Crippen LogP contribution is -2.30. The Balaban J connectivity index is 1.62. The van der Waals surface area contributed by atoms with Crippen molar-refractivity contribution in [1.29, 1.82) is 0 Å². The van der Waals surface area contributed by atoms with Crippen LogP contribution in [-0.2, 0) is 4.79 Å². The van der Waals surface area contributed by atoms with Crippen molar-refractivity contribution >= 4 is 28.0 Å². The van der Waals surface area contributed by atoms with E-state index in [1.165, 1.54) is 11.3 Å². The monoisotopic (exact) mass is 363 g/mol. The third kappa shape index (κ3) is 3.19. The number of ether oxygens (including phenoxy) is 1. The smallest absolute Gasteiger partial charge is 0.266 e. The number of anilines is 1. The number of nitrogens with one attached hydrogen (secondary N) is 1. The molecule has 1 amide bonds. The quantitative estimate of drug-likeness (QED) is 0.569. The van der Waals surface area contributed by atoms with Crippen LogP contribution in [0.4, 0.5) is 5.82 Å². The van der Waals surface area contributed by atoms with Crippen LogP contribution in [0.2, 0.25) is 0 Å². The van der Waals surface area contributed by atoms with Gasteiger partial charge in [-0.2, -0.15) is 0 Å². The number of fused-ring (bicyclic) bond motifs is 1.